The Hall–Kier alpha value is -4.78. The van der Waals surface area contributed by atoms with Gasteiger partial charge in [-0.1, -0.05) is 11.6 Å². The number of carbonyl (C=O) groups is 2. The highest BCUT2D eigenvalue weighted by Gasteiger charge is 2.33. The first-order chi connectivity index (χ1) is 20.0. The van der Waals surface area contributed by atoms with Gasteiger partial charge in [-0.2, -0.15) is 27.2 Å². The molecule has 0 saturated carbocycles. The van der Waals surface area contributed by atoms with Crippen molar-refractivity contribution in [1.82, 2.24) is 9.13 Å². The number of imidazole rings is 1. The van der Waals surface area contributed by atoms with Crippen molar-refractivity contribution in [3.8, 4) is 6.07 Å². The highest BCUT2D eigenvalue weighted by molar-refractivity contribution is 6.35. The summed E-state index contributed by atoms with van der Waals surface area (Å²) < 4.78 is 122. The number of carbonyl (C=O) groups excluding carboxylic acids is 2. The van der Waals surface area contributed by atoms with Gasteiger partial charge in [0.1, 0.15) is 17.7 Å². The van der Waals surface area contributed by atoms with Gasteiger partial charge in [-0.05, 0) is 42.5 Å². The minimum atomic E-state index is -5.11. The van der Waals surface area contributed by atoms with Crippen molar-refractivity contribution in [2.45, 2.75) is 25.7 Å². The topological polar surface area (TPSA) is 96.9 Å². The second kappa shape index (κ2) is 11.5. The molecule has 7 nitrogen and oxygen atoms in total. The molecule has 3 aromatic carbocycles. The van der Waals surface area contributed by atoms with Crippen molar-refractivity contribution in [3.05, 3.63) is 97.4 Å². The van der Waals surface area contributed by atoms with Crippen LogP contribution in [0.5, 0.6) is 0 Å². The van der Waals surface area contributed by atoms with Crippen LogP contribution in [0.4, 0.5) is 45.2 Å². The molecule has 1 heterocycles. The zero-order chi connectivity index (χ0) is 32.0. The largest absolute Gasteiger partial charge is 0.416 e. The Balaban J connectivity index is 2.08. The molecule has 1 N–H and O–H groups in total. The standard InChI is InChI=1S/C26H12ClF9N4O3/c27-16-2-1-12(28)6-14(16)22(41)20-15(8-37)21-18(39(9-19(30)31)25(43)40(21)24(32)33)7-17(20)38-23(42)10-3-11(26(34,35)36)5-13(29)4-10/h1-7,19,24H,9H2,(H,38,42). The molecule has 0 bridgehead atoms. The number of fused-ring (bicyclic) bond motifs is 1. The molecule has 43 heavy (non-hydrogen) atoms. The van der Waals surface area contributed by atoms with Crippen LogP contribution >= 0.6 is 11.6 Å². The van der Waals surface area contributed by atoms with Crippen LogP contribution in [0.25, 0.3) is 11.0 Å². The van der Waals surface area contributed by atoms with Gasteiger partial charge in [-0.15, -0.1) is 0 Å². The third kappa shape index (κ3) is 5.93. The molecule has 1 aromatic heterocycles. The van der Waals surface area contributed by atoms with Gasteiger partial charge >= 0.3 is 18.4 Å². The minimum absolute atomic E-state index is 0.0770. The molecule has 4 aromatic rings. The fourth-order valence-corrected chi connectivity index (χ4v) is 4.46. The molecule has 0 aliphatic heterocycles. The van der Waals surface area contributed by atoms with Gasteiger partial charge < -0.3 is 5.32 Å². The van der Waals surface area contributed by atoms with Gasteiger partial charge in [0, 0.05) is 11.1 Å². The van der Waals surface area contributed by atoms with E-state index in [-0.39, 0.29) is 21.3 Å². The molecular weight excluding hydrogens is 623 g/mol. The molecule has 0 unspecified atom stereocenters. The molecule has 0 spiro atoms. The Morgan fingerprint density at radius 1 is 1.00 bits per heavy atom. The lowest BCUT2D eigenvalue weighted by Crippen LogP contribution is -2.27. The molecular formula is C26H12ClF9N4O3. The lowest BCUT2D eigenvalue weighted by atomic mass is 9.95. The lowest BCUT2D eigenvalue weighted by Gasteiger charge is -2.16. The van der Waals surface area contributed by atoms with Crippen molar-refractivity contribution in [2.75, 3.05) is 5.32 Å². The Labute approximate surface area is 238 Å². The summed E-state index contributed by atoms with van der Waals surface area (Å²) in [6, 6.07) is 4.96. The number of ketones is 1. The summed E-state index contributed by atoms with van der Waals surface area (Å²) in [7, 11) is 0. The van der Waals surface area contributed by atoms with Crippen molar-refractivity contribution in [2.24, 2.45) is 0 Å². The molecule has 0 saturated heterocycles. The fourth-order valence-electron chi connectivity index (χ4n) is 4.26. The number of hydrogen-bond donors (Lipinski definition) is 1. The van der Waals surface area contributed by atoms with Gasteiger partial charge in [-0.25, -0.2) is 26.9 Å². The molecule has 1 amide bonds. The van der Waals surface area contributed by atoms with E-state index >= 15 is 0 Å². The Morgan fingerprint density at radius 3 is 2.26 bits per heavy atom. The molecule has 4 rings (SSSR count). The number of halogens is 10. The normalized spacial score (nSPS) is 11.8. The first-order valence-electron chi connectivity index (χ1n) is 11.5. The highest BCUT2D eigenvalue weighted by Crippen LogP contribution is 2.35. The number of nitriles is 1. The van der Waals surface area contributed by atoms with Crippen molar-refractivity contribution in [1.29, 1.82) is 5.26 Å². The number of aromatic nitrogens is 2. The molecule has 17 heteroatoms. The maximum Gasteiger partial charge on any atom is 0.416 e. The number of benzene rings is 3. The summed E-state index contributed by atoms with van der Waals surface area (Å²) >= 11 is 5.99. The molecule has 0 radical (unpaired) electrons. The summed E-state index contributed by atoms with van der Waals surface area (Å²) in [5, 5.41) is 11.5. The number of alkyl halides is 7. The van der Waals surface area contributed by atoms with E-state index < -0.39 is 104 Å². The van der Waals surface area contributed by atoms with Gasteiger partial charge in [0.2, 0.25) is 0 Å². The predicted octanol–water partition coefficient (Wildman–Crippen LogP) is 6.77. The first-order valence-corrected chi connectivity index (χ1v) is 11.9. The second-order valence-electron chi connectivity index (χ2n) is 8.72. The van der Waals surface area contributed by atoms with E-state index in [0.29, 0.717) is 18.2 Å². The van der Waals surface area contributed by atoms with Crippen LogP contribution in [0.15, 0.2) is 47.3 Å². The number of hydrogen-bond acceptors (Lipinski definition) is 4. The fraction of sp³-hybridized carbons (Fsp3) is 0.154. The van der Waals surface area contributed by atoms with Crippen LogP contribution in [-0.4, -0.2) is 27.3 Å². The summed E-state index contributed by atoms with van der Waals surface area (Å²) in [6.07, 6.45) is -8.42. The van der Waals surface area contributed by atoms with Crippen molar-refractivity contribution in [3.63, 3.8) is 0 Å². The van der Waals surface area contributed by atoms with Gasteiger partial charge in [0.05, 0.1) is 45.0 Å². The van der Waals surface area contributed by atoms with Crippen LogP contribution in [0, 0.1) is 23.0 Å². The molecule has 224 valence electrons. The summed E-state index contributed by atoms with van der Waals surface area (Å²) in [4.78, 5) is 39.3. The van der Waals surface area contributed by atoms with Crippen LogP contribution < -0.4 is 11.0 Å². The van der Waals surface area contributed by atoms with E-state index in [1.54, 1.807) is 0 Å². The van der Waals surface area contributed by atoms with Crippen molar-refractivity contribution < 1.29 is 49.1 Å². The predicted molar refractivity (Wildman–Crippen MR) is 132 cm³/mol. The zero-order valence-electron chi connectivity index (χ0n) is 20.7. The summed E-state index contributed by atoms with van der Waals surface area (Å²) in [6.45, 7) is -5.23. The van der Waals surface area contributed by atoms with Crippen LogP contribution in [-0.2, 0) is 12.7 Å². The van der Waals surface area contributed by atoms with Crippen LogP contribution in [0.1, 0.15) is 44.0 Å². The van der Waals surface area contributed by atoms with E-state index in [9.17, 15) is 59.2 Å². The maximum atomic E-state index is 14.0. The summed E-state index contributed by atoms with van der Waals surface area (Å²) in [5.74, 6) is -5.48. The van der Waals surface area contributed by atoms with Crippen molar-refractivity contribution >= 4 is 40.0 Å². The number of amides is 1. The molecule has 0 aliphatic rings. The SMILES string of the molecule is N#Cc1c(C(=O)c2cc(F)ccc2Cl)c(NC(=O)c2cc(F)cc(C(F)(F)F)c2)cc2c1n(C(F)F)c(=O)n2CC(F)F. The van der Waals surface area contributed by atoms with Gasteiger partial charge in [-0.3, -0.25) is 14.2 Å². The Morgan fingerprint density at radius 2 is 1.67 bits per heavy atom. The zero-order valence-corrected chi connectivity index (χ0v) is 21.5. The number of nitrogens with zero attached hydrogens (tertiary/aromatic N) is 3. The van der Waals surface area contributed by atoms with E-state index in [1.165, 1.54) is 6.07 Å². The van der Waals surface area contributed by atoms with E-state index in [2.05, 4.69) is 0 Å². The minimum Gasteiger partial charge on any atom is -0.321 e. The van der Waals surface area contributed by atoms with E-state index in [4.69, 9.17) is 11.6 Å². The number of rotatable bonds is 7. The Bertz CT molecular complexity index is 1890. The van der Waals surface area contributed by atoms with Crippen LogP contribution in [0.2, 0.25) is 5.02 Å². The average Bonchev–Trinajstić information content (AvgIpc) is 3.18. The number of nitrogens with one attached hydrogen (secondary N) is 1. The third-order valence-corrected chi connectivity index (χ3v) is 6.34. The van der Waals surface area contributed by atoms with E-state index in [1.807, 2.05) is 5.32 Å². The molecule has 0 aliphatic carbocycles. The van der Waals surface area contributed by atoms with Gasteiger partial charge in [0.15, 0.2) is 5.78 Å². The van der Waals surface area contributed by atoms with Gasteiger partial charge in [0.25, 0.3) is 12.3 Å². The second-order valence-corrected chi connectivity index (χ2v) is 9.13. The molecule has 0 atom stereocenters. The maximum absolute atomic E-state index is 14.0. The lowest BCUT2D eigenvalue weighted by molar-refractivity contribution is -0.137. The monoisotopic (exact) mass is 634 g/mol. The summed E-state index contributed by atoms with van der Waals surface area (Å²) in [5.41, 5.74) is -9.78. The third-order valence-electron chi connectivity index (χ3n) is 6.01. The smallest absolute Gasteiger partial charge is 0.321 e. The Kier molecular flexibility index (Phi) is 8.32. The molecule has 0 fully saturated rings. The average molecular weight is 635 g/mol. The van der Waals surface area contributed by atoms with E-state index in [0.717, 1.165) is 12.1 Å². The number of anilines is 1. The van der Waals surface area contributed by atoms with Crippen LogP contribution in [0.3, 0.4) is 0 Å². The highest BCUT2D eigenvalue weighted by atomic mass is 35.5. The quantitative estimate of drug-likeness (QED) is 0.179. The first kappa shape index (κ1) is 31.2.